The summed E-state index contributed by atoms with van der Waals surface area (Å²) in [5, 5.41) is 0. The molecular formula is C9H4F3NO. The smallest absolute Gasteiger partial charge is 0.259 e. The summed E-state index contributed by atoms with van der Waals surface area (Å²) in [5.74, 6) is -2.76. The molecule has 0 bridgehead atoms. The lowest BCUT2D eigenvalue weighted by molar-refractivity contribution is 0.544. The Kier molecular flexibility index (Phi) is 1.99. The summed E-state index contributed by atoms with van der Waals surface area (Å²) in [4.78, 5) is 3.17. The summed E-state index contributed by atoms with van der Waals surface area (Å²) in [7, 11) is 0. The molecule has 0 radical (unpaired) electrons. The Morgan fingerprint density at radius 2 is 1.64 bits per heavy atom. The number of rotatable bonds is 1. The number of nitrogens with zero attached hydrogens (tertiary/aromatic N) is 1. The van der Waals surface area contributed by atoms with E-state index in [2.05, 4.69) is 9.40 Å². The van der Waals surface area contributed by atoms with E-state index in [4.69, 9.17) is 0 Å². The van der Waals surface area contributed by atoms with Crippen LogP contribution < -0.4 is 0 Å². The van der Waals surface area contributed by atoms with Crippen LogP contribution in [0.25, 0.3) is 11.3 Å². The predicted octanol–water partition coefficient (Wildman–Crippen LogP) is 2.76. The van der Waals surface area contributed by atoms with Crippen molar-refractivity contribution in [3.63, 3.8) is 0 Å². The molecule has 2 aromatic rings. The van der Waals surface area contributed by atoms with Crippen molar-refractivity contribution in [1.29, 1.82) is 0 Å². The molecule has 0 spiro atoms. The van der Waals surface area contributed by atoms with E-state index in [9.17, 15) is 13.2 Å². The van der Waals surface area contributed by atoms with Gasteiger partial charge in [0.05, 0.1) is 0 Å². The van der Waals surface area contributed by atoms with Crippen LogP contribution in [-0.4, -0.2) is 4.98 Å². The summed E-state index contributed by atoms with van der Waals surface area (Å²) in [5.41, 5.74) is -0.0162. The summed E-state index contributed by atoms with van der Waals surface area (Å²) in [6, 6.07) is 2.62. The van der Waals surface area contributed by atoms with Crippen LogP contribution in [0.1, 0.15) is 0 Å². The highest BCUT2D eigenvalue weighted by atomic mass is 19.1. The van der Waals surface area contributed by atoms with Gasteiger partial charge in [-0.05, 0) is 12.1 Å². The number of hydrogen-bond donors (Lipinski definition) is 0. The van der Waals surface area contributed by atoms with Gasteiger partial charge in [-0.15, -0.1) is 0 Å². The molecule has 0 fully saturated rings. The summed E-state index contributed by atoms with van der Waals surface area (Å²) >= 11 is 0. The van der Waals surface area contributed by atoms with Crippen molar-refractivity contribution in [3.8, 4) is 11.3 Å². The molecule has 1 heterocycles. The number of hydrogen-bond acceptors (Lipinski definition) is 2. The largest absolute Gasteiger partial charge is 0.440 e. The van der Waals surface area contributed by atoms with E-state index in [1.807, 2.05) is 0 Å². The van der Waals surface area contributed by atoms with E-state index in [0.29, 0.717) is 6.07 Å². The third-order valence-electron chi connectivity index (χ3n) is 1.65. The minimum atomic E-state index is -0.894. The van der Waals surface area contributed by atoms with Gasteiger partial charge in [-0.1, -0.05) is 0 Å². The molecule has 0 unspecified atom stereocenters. The van der Waals surface area contributed by atoms with Crippen molar-refractivity contribution in [2.24, 2.45) is 0 Å². The van der Waals surface area contributed by atoms with Crippen molar-refractivity contribution in [3.05, 3.63) is 42.2 Å². The molecule has 0 aliphatic rings. The van der Waals surface area contributed by atoms with Crippen LogP contribution in [0.15, 0.2) is 29.0 Å². The molecule has 1 aromatic carbocycles. The van der Waals surface area contributed by atoms with Crippen molar-refractivity contribution in [1.82, 2.24) is 4.98 Å². The topological polar surface area (TPSA) is 26.0 Å². The zero-order valence-electron chi connectivity index (χ0n) is 6.80. The van der Waals surface area contributed by atoms with E-state index in [0.717, 1.165) is 18.5 Å². The zero-order valence-corrected chi connectivity index (χ0v) is 6.80. The Morgan fingerprint density at radius 1 is 1.00 bits per heavy atom. The minimum absolute atomic E-state index is 0.0162. The molecular weight excluding hydrogens is 195 g/mol. The lowest BCUT2D eigenvalue weighted by atomic mass is 10.2. The number of halogens is 3. The first-order chi connectivity index (χ1) is 6.66. The van der Waals surface area contributed by atoms with Crippen molar-refractivity contribution >= 4 is 0 Å². The highest BCUT2D eigenvalue weighted by Gasteiger charge is 2.12. The minimum Gasteiger partial charge on any atom is -0.440 e. The Hall–Kier alpha value is -1.78. The first-order valence-corrected chi connectivity index (χ1v) is 3.72. The number of benzene rings is 1. The maximum atomic E-state index is 12.8. The molecule has 0 saturated heterocycles. The highest BCUT2D eigenvalue weighted by molar-refractivity contribution is 5.56. The Morgan fingerprint density at radius 3 is 2.14 bits per heavy atom. The summed E-state index contributed by atoms with van der Waals surface area (Å²) in [6.45, 7) is 0. The predicted molar refractivity (Wildman–Crippen MR) is 41.8 cm³/mol. The molecule has 2 nitrogen and oxygen atoms in total. The quantitative estimate of drug-likeness (QED) is 0.705. The first kappa shape index (κ1) is 8.80. The molecule has 0 amide bonds. The van der Waals surface area contributed by atoms with Crippen LogP contribution >= 0.6 is 0 Å². The Bertz CT molecular complexity index is 447. The van der Waals surface area contributed by atoms with E-state index in [1.165, 1.54) is 0 Å². The van der Waals surface area contributed by atoms with Crippen molar-refractivity contribution < 1.29 is 17.6 Å². The third-order valence-corrected chi connectivity index (χ3v) is 1.65. The molecule has 0 N–H and O–H groups in total. The van der Waals surface area contributed by atoms with Crippen LogP contribution in [0.2, 0.25) is 0 Å². The van der Waals surface area contributed by atoms with E-state index in [-0.39, 0.29) is 11.3 Å². The molecule has 0 aliphatic carbocycles. The lowest BCUT2D eigenvalue weighted by Gasteiger charge is -1.97. The molecule has 0 atom stereocenters. The molecule has 2 rings (SSSR count). The SMILES string of the molecule is Fc1cc(F)cc(-c2ocnc2F)c1. The fourth-order valence-corrected chi connectivity index (χ4v) is 1.10. The summed E-state index contributed by atoms with van der Waals surface area (Å²) in [6.07, 6.45) is 0.869. The van der Waals surface area contributed by atoms with Gasteiger partial charge in [0.2, 0.25) is 0 Å². The Balaban J connectivity index is 2.57. The standard InChI is InChI=1S/C9H4F3NO/c10-6-1-5(2-7(11)3-6)8-9(12)13-4-14-8/h1-4H. The third kappa shape index (κ3) is 1.48. The van der Waals surface area contributed by atoms with Gasteiger partial charge in [0.15, 0.2) is 12.2 Å². The molecule has 0 aliphatic heterocycles. The molecule has 72 valence electrons. The fourth-order valence-electron chi connectivity index (χ4n) is 1.10. The maximum absolute atomic E-state index is 12.8. The van der Waals surface area contributed by atoms with Crippen LogP contribution in [0.4, 0.5) is 13.2 Å². The van der Waals surface area contributed by atoms with Gasteiger partial charge >= 0.3 is 0 Å². The number of oxazole rings is 1. The van der Waals surface area contributed by atoms with Crippen molar-refractivity contribution in [2.45, 2.75) is 0 Å². The van der Waals surface area contributed by atoms with Gasteiger partial charge in [0.1, 0.15) is 11.6 Å². The van der Waals surface area contributed by atoms with E-state index in [1.54, 1.807) is 0 Å². The second kappa shape index (κ2) is 3.17. The van der Waals surface area contributed by atoms with Crippen molar-refractivity contribution in [2.75, 3.05) is 0 Å². The summed E-state index contributed by atoms with van der Waals surface area (Å²) < 4.78 is 42.9. The molecule has 1 aromatic heterocycles. The molecule has 0 saturated carbocycles. The lowest BCUT2D eigenvalue weighted by Crippen LogP contribution is -1.85. The molecule has 5 heteroatoms. The van der Waals surface area contributed by atoms with Gasteiger partial charge in [0.25, 0.3) is 5.95 Å². The van der Waals surface area contributed by atoms with Crippen LogP contribution in [0, 0.1) is 17.6 Å². The van der Waals surface area contributed by atoms with E-state index >= 15 is 0 Å². The second-order valence-corrected chi connectivity index (χ2v) is 2.63. The van der Waals surface area contributed by atoms with Gasteiger partial charge in [-0.3, -0.25) is 0 Å². The maximum Gasteiger partial charge on any atom is 0.259 e. The van der Waals surface area contributed by atoms with Crippen LogP contribution in [0.3, 0.4) is 0 Å². The van der Waals surface area contributed by atoms with Crippen LogP contribution in [0.5, 0.6) is 0 Å². The first-order valence-electron chi connectivity index (χ1n) is 3.72. The second-order valence-electron chi connectivity index (χ2n) is 2.63. The Labute approximate surface area is 77.0 Å². The average Bonchev–Trinajstić information content (AvgIpc) is 2.49. The monoisotopic (exact) mass is 199 g/mol. The van der Waals surface area contributed by atoms with Gasteiger partial charge in [-0.2, -0.15) is 9.37 Å². The van der Waals surface area contributed by atoms with Crippen LogP contribution in [-0.2, 0) is 0 Å². The van der Waals surface area contributed by atoms with Gasteiger partial charge in [0, 0.05) is 11.6 Å². The number of aromatic nitrogens is 1. The fraction of sp³-hybridized carbons (Fsp3) is 0. The average molecular weight is 199 g/mol. The molecule has 14 heavy (non-hydrogen) atoms. The van der Waals surface area contributed by atoms with Gasteiger partial charge in [-0.25, -0.2) is 8.78 Å². The van der Waals surface area contributed by atoms with Gasteiger partial charge < -0.3 is 4.42 Å². The van der Waals surface area contributed by atoms with E-state index < -0.39 is 17.6 Å². The normalized spacial score (nSPS) is 10.5. The zero-order chi connectivity index (χ0) is 10.1. The highest BCUT2D eigenvalue weighted by Crippen LogP contribution is 2.23.